The first kappa shape index (κ1) is 15.9. The van der Waals surface area contributed by atoms with Crippen molar-refractivity contribution in [1.82, 2.24) is 14.8 Å². The van der Waals surface area contributed by atoms with Crippen LogP contribution in [0.25, 0.3) is 5.69 Å². The van der Waals surface area contributed by atoms with Crippen LogP contribution < -0.4 is 5.32 Å². The highest BCUT2D eigenvalue weighted by Crippen LogP contribution is 2.29. The van der Waals surface area contributed by atoms with Gasteiger partial charge in [0, 0.05) is 18.3 Å². The molecule has 0 aliphatic heterocycles. The Morgan fingerprint density at radius 2 is 2.00 bits per heavy atom. The minimum atomic E-state index is -0.143. The molecule has 0 atom stereocenters. The fourth-order valence-electron chi connectivity index (χ4n) is 2.41. The summed E-state index contributed by atoms with van der Waals surface area (Å²) in [5.74, 6) is 0.270. The Kier molecular flexibility index (Phi) is 4.88. The molecule has 0 fully saturated rings. The molecule has 3 aromatic rings. The molecular weight excluding hydrogens is 328 g/mol. The zero-order valence-corrected chi connectivity index (χ0v) is 14.7. The molecule has 0 unspecified atom stereocenters. The second-order valence-corrected chi connectivity index (χ2v) is 7.06. The van der Waals surface area contributed by atoms with Crippen molar-refractivity contribution in [3.8, 4) is 5.69 Å². The van der Waals surface area contributed by atoms with Gasteiger partial charge in [0.25, 0.3) is 5.91 Å². The number of nitrogens with one attached hydrogen (secondary N) is 1. The van der Waals surface area contributed by atoms with Crippen molar-refractivity contribution in [3.63, 3.8) is 0 Å². The first-order chi connectivity index (χ1) is 11.2. The maximum atomic E-state index is 12.5. The van der Waals surface area contributed by atoms with E-state index in [0.717, 1.165) is 23.5 Å². The molecular formula is C16H18N4OS2. The van der Waals surface area contributed by atoms with Crippen LogP contribution >= 0.6 is 22.7 Å². The number of hydrogen-bond donors (Lipinski definition) is 1. The van der Waals surface area contributed by atoms with Crippen LogP contribution in [0.5, 0.6) is 0 Å². The summed E-state index contributed by atoms with van der Waals surface area (Å²) in [6, 6.07) is 5.81. The standard InChI is InChI=1S/C16H18N4OS2/c1-3-11(4-2)15-18-19-16(23-15)17-14(21)13-12(7-10-22-13)20-8-5-6-9-20/h5-11H,3-4H2,1-2H3,(H,17,19,21). The molecule has 0 spiro atoms. The van der Waals surface area contributed by atoms with Crippen molar-refractivity contribution in [2.45, 2.75) is 32.6 Å². The molecule has 0 bridgehead atoms. The molecule has 0 saturated heterocycles. The highest BCUT2D eigenvalue weighted by molar-refractivity contribution is 7.16. The number of anilines is 1. The zero-order chi connectivity index (χ0) is 16.2. The van der Waals surface area contributed by atoms with Gasteiger partial charge in [-0.05, 0) is 36.4 Å². The van der Waals surface area contributed by atoms with E-state index in [1.165, 1.54) is 22.7 Å². The molecule has 0 radical (unpaired) electrons. The number of amides is 1. The van der Waals surface area contributed by atoms with Crippen molar-refractivity contribution in [2.24, 2.45) is 0 Å². The minimum Gasteiger partial charge on any atom is -0.322 e. The van der Waals surface area contributed by atoms with Crippen molar-refractivity contribution in [1.29, 1.82) is 0 Å². The maximum Gasteiger partial charge on any atom is 0.269 e. The largest absolute Gasteiger partial charge is 0.322 e. The second kappa shape index (κ2) is 7.06. The molecule has 1 amide bonds. The van der Waals surface area contributed by atoms with Gasteiger partial charge in [0.05, 0.1) is 5.69 Å². The quantitative estimate of drug-likeness (QED) is 0.712. The van der Waals surface area contributed by atoms with Crippen LogP contribution in [0.4, 0.5) is 5.13 Å². The monoisotopic (exact) mass is 346 g/mol. The van der Waals surface area contributed by atoms with Crippen molar-refractivity contribution >= 4 is 33.7 Å². The van der Waals surface area contributed by atoms with E-state index in [4.69, 9.17) is 0 Å². The Bertz CT molecular complexity index is 772. The summed E-state index contributed by atoms with van der Waals surface area (Å²) in [4.78, 5) is 13.2. The zero-order valence-electron chi connectivity index (χ0n) is 13.0. The van der Waals surface area contributed by atoms with Gasteiger partial charge in [-0.3, -0.25) is 10.1 Å². The molecule has 5 nitrogen and oxygen atoms in total. The van der Waals surface area contributed by atoms with E-state index < -0.39 is 0 Å². The summed E-state index contributed by atoms with van der Waals surface area (Å²) < 4.78 is 1.93. The number of carbonyl (C=O) groups is 1. The van der Waals surface area contributed by atoms with Gasteiger partial charge in [0.15, 0.2) is 0 Å². The predicted octanol–water partition coefficient (Wildman–Crippen LogP) is 4.55. The van der Waals surface area contributed by atoms with Gasteiger partial charge in [-0.25, -0.2) is 0 Å². The number of rotatable bonds is 6. The summed E-state index contributed by atoms with van der Waals surface area (Å²) in [6.07, 6.45) is 5.91. The van der Waals surface area contributed by atoms with Gasteiger partial charge in [-0.2, -0.15) is 0 Å². The normalized spacial score (nSPS) is 11.1. The molecule has 0 aliphatic carbocycles. The Hall–Kier alpha value is -1.99. The van der Waals surface area contributed by atoms with E-state index in [2.05, 4.69) is 29.4 Å². The van der Waals surface area contributed by atoms with Crippen LogP contribution in [0.3, 0.4) is 0 Å². The first-order valence-corrected chi connectivity index (χ1v) is 9.28. The Labute approximate surface area is 143 Å². The van der Waals surface area contributed by atoms with E-state index in [-0.39, 0.29) is 5.91 Å². The van der Waals surface area contributed by atoms with Gasteiger partial charge in [-0.15, -0.1) is 21.5 Å². The van der Waals surface area contributed by atoms with Crippen LogP contribution in [0.1, 0.15) is 47.3 Å². The average Bonchev–Trinajstić information content (AvgIpc) is 3.29. The lowest BCUT2D eigenvalue weighted by molar-refractivity contribution is 0.103. The van der Waals surface area contributed by atoms with Crippen molar-refractivity contribution in [3.05, 3.63) is 45.9 Å². The lowest BCUT2D eigenvalue weighted by atomic mass is 10.1. The predicted molar refractivity (Wildman–Crippen MR) is 94.8 cm³/mol. The molecule has 23 heavy (non-hydrogen) atoms. The molecule has 3 heterocycles. The summed E-state index contributed by atoms with van der Waals surface area (Å²) in [5.41, 5.74) is 0.877. The Morgan fingerprint density at radius 1 is 1.26 bits per heavy atom. The molecule has 7 heteroatoms. The van der Waals surface area contributed by atoms with E-state index >= 15 is 0 Å². The van der Waals surface area contributed by atoms with E-state index in [1.807, 2.05) is 40.5 Å². The molecule has 0 aliphatic rings. The minimum absolute atomic E-state index is 0.143. The molecule has 120 valence electrons. The third-order valence-electron chi connectivity index (χ3n) is 3.73. The van der Waals surface area contributed by atoms with Gasteiger partial charge in [0.1, 0.15) is 9.88 Å². The molecule has 0 aromatic carbocycles. The number of nitrogens with zero attached hydrogens (tertiary/aromatic N) is 3. The summed E-state index contributed by atoms with van der Waals surface area (Å²) in [6.45, 7) is 4.28. The van der Waals surface area contributed by atoms with Crippen LogP contribution in [-0.4, -0.2) is 20.7 Å². The van der Waals surface area contributed by atoms with Crippen LogP contribution in [0.15, 0.2) is 36.0 Å². The molecule has 1 N–H and O–H groups in total. The lowest BCUT2D eigenvalue weighted by Gasteiger charge is -2.06. The van der Waals surface area contributed by atoms with Crippen molar-refractivity contribution in [2.75, 3.05) is 5.32 Å². The fourth-order valence-corrected chi connectivity index (χ4v) is 4.20. The smallest absolute Gasteiger partial charge is 0.269 e. The summed E-state index contributed by atoms with van der Waals surface area (Å²) in [5, 5.41) is 14.7. The molecule has 3 rings (SSSR count). The summed E-state index contributed by atoms with van der Waals surface area (Å²) >= 11 is 2.88. The topological polar surface area (TPSA) is 59.8 Å². The fraction of sp³-hybridized carbons (Fsp3) is 0.312. The Balaban J connectivity index is 1.77. The Morgan fingerprint density at radius 3 is 2.70 bits per heavy atom. The average molecular weight is 346 g/mol. The number of hydrogen-bond acceptors (Lipinski definition) is 5. The van der Waals surface area contributed by atoms with Gasteiger partial charge < -0.3 is 4.57 Å². The van der Waals surface area contributed by atoms with E-state index in [1.54, 1.807) is 0 Å². The highest BCUT2D eigenvalue weighted by atomic mass is 32.1. The van der Waals surface area contributed by atoms with Gasteiger partial charge in [-0.1, -0.05) is 25.2 Å². The van der Waals surface area contributed by atoms with Gasteiger partial charge >= 0.3 is 0 Å². The van der Waals surface area contributed by atoms with E-state index in [9.17, 15) is 4.79 Å². The van der Waals surface area contributed by atoms with Crippen molar-refractivity contribution < 1.29 is 4.79 Å². The highest BCUT2D eigenvalue weighted by Gasteiger charge is 2.18. The van der Waals surface area contributed by atoms with Gasteiger partial charge in [0.2, 0.25) is 5.13 Å². The van der Waals surface area contributed by atoms with Crippen LogP contribution in [-0.2, 0) is 0 Å². The molecule has 0 saturated carbocycles. The number of thiophene rings is 1. The summed E-state index contributed by atoms with van der Waals surface area (Å²) in [7, 11) is 0. The third kappa shape index (κ3) is 3.35. The third-order valence-corrected chi connectivity index (χ3v) is 5.63. The van der Waals surface area contributed by atoms with Crippen LogP contribution in [0, 0.1) is 0 Å². The first-order valence-electron chi connectivity index (χ1n) is 7.58. The maximum absolute atomic E-state index is 12.5. The SMILES string of the molecule is CCC(CC)c1nnc(NC(=O)c2sccc2-n2cccc2)s1. The van der Waals surface area contributed by atoms with Crippen LogP contribution in [0.2, 0.25) is 0 Å². The number of carbonyl (C=O) groups excluding carboxylic acids is 1. The second-order valence-electron chi connectivity index (χ2n) is 5.14. The van der Waals surface area contributed by atoms with E-state index in [0.29, 0.717) is 15.9 Å². The molecule has 3 aromatic heterocycles. The number of aromatic nitrogens is 3. The lowest BCUT2D eigenvalue weighted by Crippen LogP contribution is -2.12.